The first-order valence-corrected chi connectivity index (χ1v) is 12.3. The summed E-state index contributed by atoms with van der Waals surface area (Å²) in [7, 11) is 0. The average molecular weight is 402 g/mol. The molecule has 1 aliphatic heterocycles. The molecule has 2 fully saturated rings. The zero-order valence-corrected chi connectivity index (χ0v) is 17.6. The Labute approximate surface area is 169 Å². The summed E-state index contributed by atoms with van der Waals surface area (Å²) in [4.78, 5) is 27.5. The molecular formula is C21H27N3OS2. The van der Waals surface area contributed by atoms with Crippen LogP contribution in [0, 0.1) is 0 Å². The second-order valence-electron chi connectivity index (χ2n) is 8.27. The van der Waals surface area contributed by atoms with Crippen molar-refractivity contribution in [2.24, 2.45) is 0 Å². The molecule has 1 amide bonds. The molecule has 144 valence electrons. The van der Waals surface area contributed by atoms with Gasteiger partial charge in [-0.1, -0.05) is 11.8 Å². The molecule has 2 aliphatic carbocycles. The zero-order chi connectivity index (χ0) is 18.4. The number of fused-ring (bicyclic) bond motifs is 3. The molecule has 1 atom stereocenters. The molecule has 0 bridgehead atoms. The summed E-state index contributed by atoms with van der Waals surface area (Å²) in [5, 5.41) is 2.34. The van der Waals surface area contributed by atoms with Gasteiger partial charge in [-0.15, -0.1) is 11.3 Å². The smallest absolute Gasteiger partial charge is 0.233 e. The van der Waals surface area contributed by atoms with Crippen LogP contribution in [0.15, 0.2) is 5.03 Å². The highest BCUT2D eigenvalue weighted by molar-refractivity contribution is 8.00. The third kappa shape index (κ3) is 3.51. The van der Waals surface area contributed by atoms with E-state index in [-0.39, 0.29) is 5.91 Å². The van der Waals surface area contributed by atoms with E-state index in [1.165, 1.54) is 59.2 Å². The Kier molecular flexibility index (Phi) is 4.88. The van der Waals surface area contributed by atoms with Gasteiger partial charge in [0.15, 0.2) is 0 Å². The van der Waals surface area contributed by atoms with Gasteiger partial charge in [0.2, 0.25) is 5.91 Å². The van der Waals surface area contributed by atoms with Crippen molar-refractivity contribution in [3.63, 3.8) is 0 Å². The Bertz CT molecular complexity index is 874. The number of thiophene rings is 1. The second-order valence-corrected chi connectivity index (χ2v) is 10.3. The molecule has 0 radical (unpaired) electrons. The summed E-state index contributed by atoms with van der Waals surface area (Å²) < 4.78 is 0. The number of hydrogen-bond donors (Lipinski definition) is 0. The number of carbonyl (C=O) groups is 1. The molecule has 1 saturated carbocycles. The molecule has 2 aromatic rings. The van der Waals surface area contributed by atoms with Gasteiger partial charge in [0, 0.05) is 28.8 Å². The van der Waals surface area contributed by atoms with Gasteiger partial charge in [0.05, 0.1) is 5.75 Å². The summed E-state index contributed by atoms with van der Waals surface area (Å²) in [5.74, 6) is 2.34. The van der Waals surface area contributed by atoms with Crippen molar-refractivity contribution in [2.45, 2.75) is 81.7 Å². The maximum atomic E-state index is 12.8. The monoisotopic (exact) mass is 401 g/mol. The van der Waals surface area contributed by atoms with Crippen molar-refractivity contribution >= 4 is 39.2 Å². The van der Waals surface area contributed by atoms with E-state index in [2.05, 4.69) is 11.8 Å². The predicted molar refractivity (Wildman–Crippen MR) is 112 cm³/mol. The molecule has 1 saturated heterocycles. The van der Waals surface area contributed by atoms with Gasteiger partial charge in [-0.05, 0) is 70.3 Å². The van der Waals surface area contributed by atoms with E-state index in [0.717, 1.165) is 36.7 Å². The standard InChI is InChI=1S/C21H27N3OS2/c1-13-6-4-5-11-24(13)17(25)12-26-20-18-15-7-2-3-8-16(15)27-21(18)23-19(22-20)14-9-10-14/h13-14H,2-12H2,1H3/t13-/m1/s1. The Morgan fingerprint density at radius 1 is 1.15 bits per heavy atom. The third-order valence-corrected chi connectivity index (χ3v) is 8.34. The van der Waals surface area contributed by atoms with Crippen molar-refractivity contribution in [3.05, 3.63) is 16.3 Å². The van der Waals surface area contributed by atoms with E-state index in [1.54, 1.807) is 11.8 Å². The van der Waals surface area contributed by atoms with Crippen LogP contribution in [0.25, 0.3) is 10.2 Å². The van der Waals surface area contributed by atoms with Crippen molar-refractivity contribution in [2.75, 3.05) is 12.3 Å². The largest absolute Gasteiger partial charge is 0.339 e. The van der Waals surface area contributed by atoms with Crippen molar-refractivity contribution in [1.82, 2.24) is 14.9 Å². The van der Waals surface area contributed by atoms with E-state index < -0.39 is 0 Å². The molecule has 3 heterocycles. The van der Waals surface area contributed by atoms with Crippen LogP contribution in [-0.2, 0) is 17.6 Å². The maximum absolute atomic E-state index is 12.8. The van der Waals surface area contributed by atoms with Gasteiger partial charge in [0.25, 0.3) is 0 Å². The van der Waals surface area contributed by atoms with E-state index >= 15 is 0 Å². The van der Waals surface area contributed by atoms with Gasteiger partial charge < -0.3 is 4.90 Å². The van der Waals surface area contributed by atoms with Crippen molar-refractivity contribution in [1.29, 1.82) is 0 Å². The van der Waals surface area contributed by atoms with E-state index in [9.17, 15) is 4.79 Å². The quantitative estimate of drug-likeness (QED) is 0.538. The highest BCUT2D eigenvalue weighted by Gasteiger charge is 2.30. The SMILES string of the molecule is C[C@@H]1CCCCN1C(=O)CSc1nc(C2CC2)nc2sc3c(c12)CCCC3. The zero-order valence-electron chi connectivity index (χ0n) is 16.0. The predicted octanol–water partition coefficient (Wildman–Crippen LogP) is 4.94. The van der Waals surface area contributed by atoms with Crippen LogP contribution in [0.4, 0.5) is 0 Å². The first-order chi connectivity index (χ1) is 13.2. The second kappa shape index (κ2) is 7.36. The fraction of sp³-hybridized carbons (Fsp3) is 0.667. The minimum Gasteiger partial charge on any atom is -0.339 e. The first-order valence-electron chi connectivity index (χ1n) is 10.4. The number of piperidine rings is 1. The average Bonchev–Trinajstić information content (AvgIpc) is 3.46. The molecule has 4 nitrogen and oxygen atoms in total. The number of nitrogens with zero attached hydrogens (tertiary/aromatic N) is 3. The topological polar surface area (TPSA) is 46.1 Å². The summed E-state index contributed by atoms with van der Waals surface area (Å²) in [6.07, 6.45) is 10.8. The lowest BCUT2D eigenvalue weighted by atomic mass is 9.97. The normalized spacial score (nSPS) is 22.9. The van der Waals surface area contributed by atoms with Crippen LogP contribution in [0.5, 0.6) is 0 Å². The van der Waals surface area contributed by atoms with Crippen LogP contribution in [0.3, 0.4) is 0 Å². The van der Waals surface area contributed by atoms with E-state index in [4.69, 9.17) is 9.97 Å². The third-order valence-electron chi connectivity index (χ3n) is 6.20. The summed E-state index contributed by atoms with van der Waals surface area (Å²) in [6, 6.07) is 0.383. The first kappa shape index (κ1) is 17.9. The molecule has 5 rings (SSSR count). The molecule has 0 unspecified atom stereocenters. The number of aromatic nitrogens is 2. The molecular weight excluding hydrogens is 374 g/mol. The lowest BCUT2D eigenvalue weighted by Crippen LogP contribution is -2.42. The molecule has 27 heavy (non-hydrogen) atoms. The van der Waals surface area contributed by atoms with Gasteiger partial charge in [-0.3, -0.25) is 4.79 Å². The van der Waals surface area contributed by atoms with Gasteiger partial charge in [-0.25, -0.2) is 9.97 Å². The highest BCUT2D eigenvalue weighted by Crippen LogP contribution is 2.44. The lowest BCUT2D eigenvalue weighted by Gasteiger charge is -2.33. The fourth-order valence-corrected chi connectivity index (χ4v) is 6.73. The van der Waals surface area contributed by atoms with Crippen LogP contribution >= 0.6 is 23.1 Å². The minimum absolute atomic E-state index is 0.274. The van der Waals surface area contributed by atoms with Gasteiger partial charge in [0.1, 0.15) is 15.7 Å². The minimum atomic E-state index is 0.274. The Hall–Kier alpha value is -1.14. The van der Waals surface area contributed by atoms with Crippen molar-refractivity contribution < 1.29 is 4.79 Å². The number of likely N-dealkylation sites (tertiary alicyclic amines) is 1. The molecule has 0 N–H and O–H groups in total. The van der Waals surface area contributed by atoms with E-state index in [1.807, 2.05) is 11.3 Å². The van der Waals surface area contributed by atoms with Crippen LogP contribution in [-0.4, -0.2) is 39.1 Å². The van der Waals surface area contributed by atoms with Crippen molar-refractivity contribution in [3.8, 4) is 0 Å². The number of carbonyl (C=O) groups excluding carboxylic acids is 1. The fourth-order valence-electron chi connectivity index (χ4n) is 4.45. The lowest BCUT2D eigenvalue weighted by molar-refractivity contribution is -0.131. The van der Waals surface area contributed by atoms with Gasteiger partial charge in [-0.2, -0.15) is 0 Å². The Morgan fingerprint density at radius 3 is 2.81 bits per heavy atom. The Balaban J connectivity index is 1.44. The number of rotatable bonds is 4. The highest BCUT2D eigenvalue weighted by atomic mass is 32.2. The van der Waals surface area contributed by atoms with Crippen LogP contribution in [0.1, 0.15) is 74.1 Å². The number of amides is 1. The number of hydrogen-bond acceptors (Lipinski definition) is 5. The van der Waals surface area contributed by atoms with E-state index in [0.29, 0.717) is 17.7 Å². The summed E-state index contributed by atoms with van der Waals surface area (Å²) in [5.41, 5.74) is 1.48. The maximum Gasteiger partial charge on any atom is 0.233 e. The van der Waals surface area contributed by atoms with Gasteiger partial charge >= 0.3 is 0 Å². The molecule has 3 aliphatic rings. The number of aryl methyl sites for hydroxylation is 2. The van der Waals surface area contributed by atoms with Crippen LogP contribution in [0.2, 0.25) is 0 Å². The number of thioether (sulfide) groups is 1. The summed E-state index contributed by atoms with van der Waals surface area (Å²) in [6.45, 7) is 3.10. The Morgan fingerprint density at radius 2 is 2.00 bits per heavy atom. The molecule has 2 aromatic heterocycles. The molecule has 0 spiro atoms. The molecule has 6 heteroatoms. The summed E-state index contributed by atoms with van der Waals surface area (Å²) >= 11 is 3.53. The molecule has 0 aromatic carbocycles. The van der Waals surface area contributed by atoms with Crippen LogP contribution < -0.4 is 0 Å².